The average Bonchev–Trinajstić information content (AvgIpc) is 2.84. The van der Waals surface area contributed by atoms with Gasteiger partial charge in [-0.15, -0.1) is 0 Å². The quantitative estimate of drug-likeness (QED) is 0.804. The molecule has 1 aliphatic heterocycles. The van der Waals surface area contributed by atoms with Crippen LogP contribution in [0.15, 0.2) is 23.2 Å². The molecule has 0 amide bonds. The molecule has 0 N–H and O–H groups in total. The third-order valence-corrected chi connectivity index (χ3v) is 6.29. The van der Waals surface area contributed by atoms with Gasteiger partial charge in [0.05, 0.1) is 4.90 Å². The third kappa shape index (κ3) is 2.78. The normalized spacial score (nSPS) is 19.7. The maximum Gasteiger partial charge on any atom is 0.243 e. The summed E-state index contributed by atoms with van der Waals surface area (Å²) in [6.45, 7) is 5.44. The molecule has 0 saturated carbocycles. The summed E-state index contributed by atoms with van der Waals surface area (Å²) in [7, 11) is -3.44. The highest BCUT2D eigenvalue weighted by Crippen LogP contribution is 2.39. The molecule has 0 atom stereocenters. The van der Waals surface area contributed by atoms with Crippen molar-refractivity contribution < 1.29 is 8.42 Å². The molecule has 0 aromatic carbocycles. The minimum atomic E-state index is -3.44. The van der Waals surface area contributed by atoms with Crippen molar-refractivity contribution in [1.82, 2.24) is 9.29 Å². The van der Waals surface area contributed by atoms with Crippen molar-refractivity contribution in [2.75, 3.05) is 13.1 Å². The van der Waals surface area contributed by atoms with E-state index in [1.165, 1.54) is 18.3 Å². The van der Waals surface area contributed by atoms with Crippen molar-refractivity contribution >= 4 is 21.6 Å². The molecule has 1 aromatic rings. The summed E-state index contributed by atoms with van der Waals surface area (Å²) in [5.74, 6) is 0. The van der Waals surface area contributed by atoms with Crippen LogP contribution < -0.4 is 0 Å². The fourth-order valence-corrected chi connectivity index (χ4v) is 4.43. The average molecular weight is 303 g/mol. The minimum absolute atomic E-state index is 0.129. The van der Waals surface area contributed by atoms with Gasteiger partial charge in [0.15, 0.2) is 0 Å². The Labute approximate surface area is 119 Å². The number of rotatable bonds is 4. The van der Waals surface area contributed by atoms with E-state index in [-0.39, 0.29) is 15.5 Å². The Bertz CT molecular complexity index is 556. The summed E-state index contributed by atoms with van der Waals surface area (Å²) in [4.78, 5) is 4.06. The van der Waals surface area contributed by atoms with Crippen LogP contribution >= 0.6 is 11.6 Å². The van der Waals surface area contributed by atoms with Crippen LogP contribution in [0.1, 0.15) is 33.1 Å². The lowest BCUT2D eigenvalue weighted by Gasteiger charge is -2.26. The fraction of sp³-hybridized carbons (Fsp3) is 0.615. The van der Waals surface area contributed by atoms with Gasteiger partial charge in [0.2, 0.25) is 10.0 Å². The smallest absolute Gasteiger partial charge is 0.243 e. The predicted molar refractivity (Wildman–Crippen MR) is 75.6 cm³/mol. The Kier molecular flexibility index (Phi) is 4.18. The predicted octanol–water partition coefficient (Wildman–Crippen LogP) is 2.94. The lowest BCUT2D eigenvalue weighted by atomic mass is 9.82. The largest absolute Gasteiger partial charge is 0.244 e. The first-order valence-electron chi connectivity index (χ1n) is 6.55. The lowest BCUT2D eigenvalue weighted by Crippen LogP contribution is -2.31. The molecule has 0 bridgehead atoms. The van der Waals surface area contributed by atoms with Gasteiger partial charge in [-0.2, -0.15) is 4.31 Å². The van der Waals surface area contributed by atoms with Crippen molar-refractivity contribution in [2.45, 2.75) is 38.0 Å². The summed E-state index contributed by atoms with van der Waals surface area (Å²) >= 11 is 5.77. The van der Waals surface area contributed by atoms with Crippen molar-refractivity contribution in [2.24, 2.45) is 5.41 Å². The van der Waals surface area contributed by atoms with Crippen LogP contribution in [0.25, 0.3) is 0 Å². The fourth-order valence-electron chi connectivity index (χ4n) is 2.62. The van der Waals surface area contributed by atoms with E-state index >= 15 is 0 Å². The molecular weight excluding hydrogens is 284 g/mol. The SMILES string of the molecule is CCC1(CC)CCN(S(=O)(=O)c2ccnc(Cl)c2)C1. The molecular formula is C13H19ClN2O2S. The van der Waals surface area contributed by atoms with Gasteiger partial charge in [-0.3, -0.25) is 0 Å². The Morgan fingerprint density at radius 2 is 2.11 bits per heavy atom. The van der Waals surface area contributed by atoms with Crippen molar-refractivity contribution in [1.29, 1.82) is 0 Å². The maximum atomic E-state index is 12.5. The van der Waals surface area contributed by atoms with Gasteiger partial charge in [-0.25, -0.2) is 13.4 Å². The molecule has 0 spiro atoms. The van der Waals surface area contributed by atoms with E-state index < -0.39 is 10.0 Å². The molecule has 0 radical (unpaired) electrons. The van der Waals surface area contributed by atoms with E-state index in [0.29, 0.717) is 13.1 Å². The molecule has 19 heavy (non-hydrogen) atoms. The summed E-state index contributed by atoms with van der Waals surface area (Å²) in [5, 5.41) is 0.206. The van der Waals surface area contributed by atoms with Crippen LogP contribution in [0.4, 0.5) is 0 Å². The van der Waals surface area contributed by atoms with Gasteiger partial charge < -0.3 is 0 Å². The maximum absolute atomic E-state index is 12.5. The standard InChI is InChI=1S/C13H19ClN2O2S/c1-3-13(4-2)6-8-16(10-13)19(17,18)11-5-7-15-12(14)9-11/h5,7,9H,3-4,6,8,10H2,1-2H3. The highest BCUT2D eigenvalue weighted by Gasteiger charge is 2.40. The first-order chi connectivity index (χ1) is 8.93. The number of hydrogen-bond donors (Lipinski definition) is 0. The number of aromatic nitrogens is 1. The van der Waals surface area contributed by atoms with E-state index in [9.17, 15) is 8.42 Å². The molecule has 4 nitrogen and oxygen atoms in total. The van der Waals surface area contributed by atoms with Crippen molar-refractivity contribution in [3.8, 4) is 0 Å². The number of sulfonamides is 1. The van der Waals surface area contributed by atoms with Gasteiger partial charge >= 0.3 is 0 Å². The minimum Gasteiger partial charge on any atom is -0.244 e. The van der Waals surface area contributed by atoms with Crippen molar-refractivity contribution in [3.05, 3.63) is 23.5 Å². The molecule has 0 unspecified atom stereocenters. The second-order valence-corrected chi connectivity index (χ2v) is 7.44. The topological polar surface area (TPSA) is 50.3 Å². The van der Waals surface area contributed by atoms with E-state index in [1.54, 1.807) is 4.31 Å². The number of hydrogen-bond acceptors (Lipinski definition) is 3. The highest BCUT2D eigenvalue weighted by molar-refractivity contribution is 7.89. The first-order valence-corrected chi connectivity index (χ1v) is 8.37. The van der Waals surface area contributed by atoms with Gasteiger partial charge in [-0.05, 0) is 36.8 Å². The van der Waals surface area contributed by atoms with E-state index in [4.69, 9.17) is 11.6 Å². The van der Waals surface area contributed by atoms with Crippen LogP contribution in [0, 0.1) is 5.41 Å². The van der Waals surface area contributed by atoms with E-state index in [2.05, 4.69) is 18.8 Å². The Morgan fingerprint density at radius 3 is 2.63 bits per heavy atom. The third-order valence-electron chi connectivity index (χ3n) is 4.24. The summed E-state index contributed by atoms with van der Waals surface area (Å²) < 4.78 is 26.7. The first kappa shape index (κ1) is 14.8. The van der Waals surface area contributed by atoms with Gasteiger partial charge in [0.25, 0.3) is 0 Å². The Balaban J connectivity index is 2.28. The van der Waals surface area contributed by atoms with Gasteiger partial charge in [0.1, 0.15) is 5.15 Å². The molecule has 106 valence electrons. The van der Waals surface area contributed by atoms with Crippen LogP contribution in [0.2, 0.25) is 5.15 Å². The summed E-state index contributed by atoms with van der Waals surface area (Å²) in [6, 6.07) is 2.91. The van der Waals surface area contributed by atoms with Crippen LogP contribution in [-0.2, 0) is 10.0 Å². The van der Waals surface area contributed by atoms with E-state index in [1.807, 2.05) is 0 Å². The lowest BCUT2D eigenvalue weighted by molar-refractivity contribution is 0.279. The zero-order valence-electron chi connectivity index (χ0n) is 11.3. The van der Waals surface area contributed by atoms with Gasteiger partial charge in [0, 0.05) is 19.3 Å². The molecule has 2 heterocycles. The Hall–Kier alpha value is -0.650. The van der Waals surface area contributed by atoms with E-state index in [0.717, 1.165) is 19.3 Å². The second-order valence-electron chi connectivity index (χ2n) is 5.11. The van der Waals surface area contributed by atoms with Crippen LogP contribution in [0.3, 0.4) is 0 Å². The molecule has 0 aliphatic carbocycles. The molecule has 1 fully saturated rings. The Morgan fingerprint density at radius 1 is 1.42 bits per heavy atom. The molecule has 1 saturated heterocycles. The number of halogens is 1. The number of nitrogens with zero attached hydrogens (tertiary/aromatic N) is 2. The summed E-state index contributed by atoms with van der Waals surface area (Å²) in [5.41, 5.74) is 0.129. The monoisotopic (exact) mass is 302 g/mol. The summed E-state index contributed by atoms with van der Waals surface area (Å²) in [6.07, 6.45) is 4.37. The van der Waals surface area contributed by atoms with Gasteiger partial charge in [-0.1, -0.05) is 25.4 Å². The van der Waals surface area contributed by atoms with Crippen LogP contribution in [-0.4, -0.2) is 30.8 Å². The van der Waals surface area contributed by atoms with Crippen molar-refractivity contribution in [3.63, 3.8) is 0 Å². The highest BCUT2D eigenvalue weighted by atomic mass is 35.5. The van der Waals surface area contributed by atoms with Crippen LogP contribution in [0.5, 0.6) is 0 Å². The molecule has 6 heteroatoms. The second kappa shape index (κ2) is 5.38. The molecule has 1 aromatic heterocycles. The zero-order chi connectivity index (χ0) is 14.1. The number of pyridine rings is 1. The molecule has 2 rings (SSSR count). The zero-order valence-corrected chi connectivity index (χ0v) is 12.8. The molecule has 1 aliphatic rings.